The Bertz CT molecular complexity index is 1410. The first-order valence-corrected chi connectivity index (χ1v) is 12.3. The summed E-state index contributed by atoms with van der Waals surface area (Å²) in [5.41, 5.74) is 2.31. The fourth-order valence-corrected chi connectivity index (χ4v) is 4.78. The quantitative estimate of drug-likeness (QED) is 0.314. The van der Waals surface area contributed by atoms with Crippen LogP contribution in [0.15, 0.2) is 59.4 Å². The van der Waals surface area contributed by atoms with Gasteiger partial charge in [-0.1, -0.05) is 42.9 Å². The molecule has 2 amide bonds. The van der Waals surface area contributed by atoms with Gasteiger partial charge in [0.25, 0.3) is 17.4 Å². The fraction of sp³-hybridized carbons (Fsp3) is 0.167. The molecule has 2 aromatic carbocycles. The van der Waals surface area contributed by atoms with Gasteiger partial charge in [0.1, 0.15) is 10.6 Å². The van der Waals surface area contributed by atoms with E-state index in [0.29, 0.717) is 28.5 Å². The van der Waals surface area contributed by atoms with Gasteiger partial charge in [-0.25, -0.2) is 9.38 Å². The summed E-state index contributed by atoms with van der Waals surface area (Å²) in [6.07, 6.45) is 1.47. The maximum atomic E-state index is 13.3. The van der Waals surface area contributed by atoms with Crippen molar-refractivity contribution in [1.82, 2.24) is 9.38 Å². The van der Waals surface area contributed by atoms with Crippen LogP contribution in [0.4, 0.5) is 11.4 Å². The number of carbonyl (C=O) groups is 2. The van der Waals surface area contributed by atoms with Gasteiger partial charge >= 0.3 is 0 Å². The zero-order valence-corrected chi connectivity index (χ0v) is 21.0. The molecule has 9 heteroatoms. The van der Waals surface area contributed by atoms with E-state index in [9.17, 15) is 14.4 Å². The average molecular weight is 572 g/mol. The third-order valence-corrected chi connectivity index (χ3v) is 6.75. The molecule has 0 saturated heterocycles. The van der Waals surface area contributed by atoms with Gasteiger partial charge < -0.3 is 10.6 Å². The van der Waals surface area contributed by atoms with Crippen molar-refractivity contribution in [2.24, 2.45) is 0 Å². The number of aryl methyl sites for hydroxylation is 2. The molecule has 2 heterocycles. The van der Waals surface area contributed by atoms with Crippen LogP contribution in [0.1, 0.15) is 44.8 Å². The minimum Gasteiger partial charge on any atom is -0.321 e. The van der Waals surface area contributed by atoms with Crippen LogP contribution in [0, 0.1) is 10.5 Å². The van der Waals surface area contributed by atoms with Gasteiger partial charge in [0.15, 0.2) is 4.96 Å². The molecule has 0 fully saturated rings. The first-order chi connectivity index (χ1) is 15.9. The van der Waals surface area contributed by atoms with Crippen molar-refractivity contribution < 1.29 is 9.59 Å². The van der Waals surface area contributed by atoms with E-state index in [0.717, 1.165) is 26.9 Å². The van der Waals surface area contributed by atoms with Crippen LogP contribution in [-0.2, 0) is 6.42 Å². The topological polar surface area (TPSA) is 92.6 Å². The summed E-state index contributed by atoms with van der Waals surface area (Å²) in [6, 6.07) is 16.0. The number of thiazole rings is 1. The van der Waals surface area contributed by atoms with Crippen LogP contribution in [0.25, 0.3) is 4.96 Å². The molecule has 0 saturated carbocycles. The van der Waals surface area contributed by atoms with E-state index < -0.39 is 11.8 Å². The van der Waals surface area contributed by atoms with Gasteiger partial charge in [0.05, 0.1) is 0 Å². The molecule has 7 nitrogen and oxygen atoms in total. The molecule has 168 valence electrons. The van der Waals surface area contributed by atoms with Crippen molar-refractivity contribution >= 4 is 62.1 Å². The number of hydrogen-bond acceptors (Lipinski definition) is 5. The standard InChI is InChI=1S/C24H21IN4O3S/c1-3-6-17-13-19(30)29-20(22(31)26-16-11-9-15(25)10-12-16)21(33-24(29)27-17)23(32)28-18-8-5-4-7-14(18)2/h4-5,7-13H,3,6H2,1-2H3,(H,26,31)(H,28,32). The van der Waals surface area contributed by atoms with Gasteiger partial charge in [-0.3, -0.25) is 14.4 Å². The third-order valence-electron chi connectivity index (χ3n) is 5.00. The number of rotatable bonds is 6. The summed E-state index contributed by atoms with van der Waals surface area (Å²) >= 11 is 3.21. The Labute approximate surface area is 208 Å². The summed E-state index contributed by atoms with van der Waals surface area (Å²) in [5.74, 6) is -1.02. The van der Waals surface area contributed by atoms with Crippen LogP contribution in [0.3, 0.4) is 0 Å². The average Bonchev–Trinajstić information content (AvgIpc) is 3.17. The van der Waals surface area contributed by atoms with Gasteiger partial charge in [-0.05, 0) is 71.8 Å². The molecular formula is C24H21IN4O3S. The number of amides is 2. The van der Waals surface area contributed by atoms with Crippen LogP contribution in [-0.4, -0.2) is 21.2 Å². The van der Waals surface area contributed by atoms with Crippen LogP contribution in [0.2, 0.25) is 0 Å². The summed E-state index contributed by atoms with van der Waals surface area (Å²) < 4.78 is 2.24. The van der Waals surface area contributed by atoms with Crippen molar-refractivity contribution in [2.45, 2.75) is 26.7 Å². The molecule has 0 radical (unpaired) electrons. The summed E-state index contributed by atoms with van der Waals surface area (Å²) in [4.78, 5) is 44.5. The number of aromatic nitrogens is 2. The lowest BCUT2D eigenvalue weighted by atomic mass is 10.2. The number of carbonyl (C=O) groups excluding carboxylic acids is 2. The first kappa shape index (κ1) is 23.1. The molecule has 0 aliphatic carbocycles. The molecule has 0 spiro atoms. The lowest BCUT2D eigenvalue weighted by molar-refractivity contribution is 0.0989. The van der Waals surface area contributed by atoms with E-state index in [1.165, 1.54) is 10.5 Å². The van der Waals surface area contributed by atoms with Crippen molar-refractivity contribution in [3.8, 4) is 0 Å². The SMILES string of the molecule is CCCc1cc(=O)n2c(C(=O)Nc3ccc(I)cc3)c(C(=O)Nc3ccccc3C)sc2n1. The monoisotopic (exact) mass is 572 g/mol. The van der Waals surface area contributed by atoms with Crippen LogP contribution in [0.5, 0.6) is 0 Å². The number of halogens is 1. The molecule has 0 atom stereocenters. The van der Waals surface area contributed by atoms with E-state index in [1.807, 2.05) is 44.2 Å². The molecule has 0 bridgehead atoms. The molecular weight excluding hydrogens is 551 g/mol. The molecule has 4 aromatic rings. The summed E-state index contributed by atoms with van der Waals surface area (Å²) in [5, 5.41) is 5.66. The van der Waals surface area contributed by atoms with E-state index >= 15 is 0 Å². The number of fused-ring (bicyclic) bond motifs is 1. The molecule has 0 unspecified atom stereocenters. The number of nitrogens with one attached hydrogen (secondary N) is 2. The summed E-state index contributed by atoms with van der Waals surface area (Å²) in [7, 11) is 0. The van der Waals surface area contributed by atoms with Crippen LogP contribution < -0.4 is 16.2 Å². The second-order valence-corrected chi connectivity index (χ2v) is 9.69. The Morgan fingerprint density at radius 3 is 2.48 bits per heavy atom. The molecule has 2 N–H and O–H groups in total. The number of para-hydroxylation sites is 1. The lowest BCUT2D eigenvalue weighted by Crippen LogP contribution is -2.25. The zero-order valence-electron chi connectivity index (χ0n) is 18.0. The van der Waals surface area contributed by atoms with Crippen molar-refractivity contribution in [3.63, 3.8) is 0 Å². The third kappa shape index (κ3) is 4.98. The first-order valence-electron chi connectivity index (χ1n) is 10.4. The smallest absolute Gasteiger partial charge is 0.274 e. The Hall–Kier alpha value is -3.05. The van der Waals surface area contributed by atoms with Gasteiger partial charge in [0.2, 0.25) is 0 Å². The lowest BCUT2D eigenvalue weighted by Gasteiger charge is -2.09. The molecule has 33 heavy (non-hydrogen) atoms. The highest BCUT2D eigenvalue weighted by molar-refractivity contribution is 14.1. The van der Waals surface area contributed by atoms with Crippen molar-refractivity contribution in [3.05, 3.63) is 90.3 Å². The van der Waals surface area contributed by atoms with Gasteiger partial charge in [0, 0.05) is 26.7 Å². The molecule has 0 aliphatic rings. The number of benzene rings is 2. The van der Waals surface area contributed by atoms with E-state index in [1.54, 1.807) is 18.2 Å². The normalized spacial score (nSPS) is 10.9. The van der Waals surface area contributed by atoms with Crippen molar-refractivity contribution in [2.75, 3.05) is 10.6 Å². The van der Waals surface area contributed by atoms with E-state index in [4.69, 9.17) is 0 Å². The van der Waals surface area contributed by atoms with Gasteiger partial charge in [-0.15, -0.1) is 0 Å². The Morgan fingerprint density at radius 1 is 1.06 bits per heavy atom. The second-order valence-electron chi connectivity index (χ2n) is 7.46. The Morgan fingerprint density at radius 2 is 1.79 bits per heavy atom. The Kier molecular flexibility index (Phi) is 6.89. The Balaban J connectivity index is 1.81. The highest BCUT2D eigenvalue weighted by Crippen LogP contribution is 2.25. The maximum Gasteiger partial charge on any atom is 0.274 e. The number of hydrogen-bond donors (Lipinski definition) is 2. The fourth-order valence-electron chi connectivity index (χ4n) is 3.38. The predicted octanol–water partition coefficient (Wildman–Crippen LogP) is 5.13. The molecule has 2 aromatic heterocycles. The zero-order chi connectivity index (χ0) is 23.5. The largest absolute Gasteiger partial charge is 0.321 e. The van der Waals surface area contributed by atoms with E-state index in [2.05, 4.69) is 38.2 Å². The highest BCUT2D eigenvalue weighted by Gasteiger charge is 2.26. The second kappa shape index (κ2) is 9.84. The maximum absolute atomic E-state index is 13.3. The minimum absolute atomic E-state index is 0.0276. The number of nitrogens with zero attached hydrogens (tertiary/aromatic N) is 2. The predicted molar refractivity (Wildman–Crippen MR) is 140 cm³/mol. The van der Waals surface area contributed by atoms with Crippen molar-refractivity contribution in [1.29, 1.82) is 0 Å². The molecule has 0 aliphatic heterocycles. The molecule has 4 rings (SSSR count). The van der Waals surface area contributed by atoms with E-state index in [-0.39, 0.29) is 16.1 Å². The number of anilines is 2. The minimum atomic E-state index is -0.551. The van der Waals surface area contributed by atoms with Crippen LogP contribution >= 0.6 is 33.9 Å². The van der Waals surface area contributed by atoms with Gasteiger partial charge in [-0.2, -0.15) is 0 Å². The summed E-state index contributed by atoms with van der Waals surface area (Å²) in [6.45, 7) is 3.88. The highest BCUT2D eigenvalue weighted by atomic mass is 127.